The van der Waals surface area contributed by atoms with Gasteiger partial charge in [0.25, 0.3) is 6.43 Å². The molecule has 13 heavy (non-hydrogen) atoms. The Bertz CT molecular complexity index is 216. The fraction of sp³-hybridized carbons (Fsp3) is 0.714. The molecule has 0 spiro atoms. The number of alkyl halides is 2. The van der Waals surface area contributed by atoms with Crippen LogP contribution in [0.5, 0.6) is 0 Å². The molecule has 1 aliphatic rings. The van der Waals surface area contributed by atoms with E-state index in [4.69, 9.17) is 5.11 Å². The highest BCUT2D eigenvalue weighted by molar-refractivity contribution is 6.01. The number of rotatable bonds is 3. The number of halogens is 2. The molecular formula is C7H9F2NO3. The number of hydrogen-bond acceptors (Lipinski definition) is 3. The largest absolute Gasteiger partial charge is 0.385 e. The van der Waals surface area contributed by atoms with Crippen molar-refractivity contribution in [3.63, 3.8) is 0 Å². The molecule has 0 aromatic heterocycles. The zero-order valence-electron chi connectivity index (χ0n) is 6.74. The molecule has 4 nitrogen and oxygen atoms in total. The molecule has 1 atom stereocenters. The average molecular weight is 193 g/mol. The van der Waals surface area contributed by atoms with Gasteiger partial charge in [0.1, 0.15) is 6.10 Å². The van der Waals surface area contributed by atoms with Crippen LogP contribution in [0.15, 0.2) is 0 Å². The molecular weight excluding hydrogens is 184 g/mol. The smallest absolute Gasteiger partial charge is 0.265 e. The summed E-state index contributed by atoms with van der Waals surface area (Å²) in [6.07, 6.45) is -4.77. The van der Waals surface area contributed by atoms with Gasteiger partial charge in [-0.2, -0.15) is 0 Å². The van der Waals surface area contributed by atoms with Crippen molar-refractivity contribution in [1.29, 1.82) is 0 Å². The predicted molar refractivity (Wildman–Crippen MR) is 38.0 cm³/mol. The lowest BCUT2D eigenvalue weighted by Gasteiger charge is -2.17. The molecule has 0 saturated carbocycles. The number of amides is 2. The number of carbonyl (C=O) groups is 2. The standard InChI is InChI=1S/C7H9F2NO3/c8-7(9)4(11)3-10-5(12)1-2-6(10)13/h4,7,11H,1-3H2. The zero-order chi connectivity index (χ0) is 10.0. The number of carbonyl (C=O) groups excluding carboxylic acids is 2. The van der Waals surface area contributed by atoms with Crippen LogP contribution < -0.4 is 0 Å². The normalized spacial score (nSPS) is 20.2. The Morgan fingerprint density at radius 3 is 2.15 bits per heavy atom. The van der Waals surface area contributed by atoms with Gasteiger partial charge in [0.05, 0.1) is 6.54 Å². The quantitative estimate of drug-likeness (QED) is 0.629. The van der Waals surface area contributed by atoms with Crippen molar-refractivity contribution < 1.29 is 23.5 Å². The summed E-state index contributed by atoms with van der Waals surface area (Å²) in [5.41, 5.74) is 0. The van der Waals surface area contributed by atoms with Gasteiger partial charge in [-0.1, -0.05) is 0 Å². The molecule has 0 radical (unpaired) electrons. The van der Waals surface area contributed by atoms with Crippen LogP contribution in [0.4, 0.5) is 8.78 Å². The first kappa shape index (κ1) is 10.0. The maximum absolute atomic E-state index is 11.8. The average Bonchev–Trinajstić information content (AvgIpc) is 2.35. The maximum Gasteiger partial charge on any atom is 0.265 e. The SMILES string of the molecule is O=C1CCC(=O)N1CC(O)C(F)F. The van der Waals surface area contributed by atoms with E-state index in [1.165, 1.54) is 0 Å². The number of hydrogen-bond donors (Lipinski definition) is 1. The molecule has 0 aliphatic carbocycles. The minimum absolute atomic E-state index is 0.0504. The number of imide groups is 1. The molecule has 1 heterocycles. The van der Waals surface area contributed by atoms with E-state index >= 15 is 0 Å². The van der Waals surface area contributed by atoms with E-state index in [0.717, 1.165) is 0 Å². The molecule has 74 valence electrons. The Morgan fingerprint density at radius 1 is 1.31 bits per heavy atom. The zero-order valence-corrected chi connectivity index (χ0v) is 6.74. The number of β-amino-alcohol motifs (C(OH)–C–C–N with tert-alkyl or cyclic N) is 1. The minimum Gasteiger partial charge on any atom is -0.385 e. The third kappa shape index (κ3) is 2.21. The molecule has 1 N–H and O–H groups in total. The molecule has 6 heteroatoms. The van der Waals surface area contributed by atoms with Gasteiger partial charge in [-0.15, -0.1) is 0 Å². The van der Waals surface area contributed by atoms with Gasteiger partial charge in [0.2, 0.25) is 11.8 Å². The van der Waals surface area contributed by atoms with Crippen LogP contribution in [-0.2, 0) is 9.59 Å². The summed E-state index contributed by atoms with van der Waals surface area (Å²) in [6.45, 7) is -0.602. The summed E-state index contributed by atoms with van der Waals surface area (Å²) in [4.78, 5) is 22.5. The van der Waals surface area contributed by atoms with Crippen molar-refractivity contribution in [2.75, 3.05) is 6.54 Å². The molecule has 1 rings (SSSR count). The topological polar surface area (TPSA) is 57.6 Å². The van der Waals surface area contributed by atoms with Gasteiger partial charge in [-0.05, 0) is 0 Å². The minimum atomic E-state index is -2.93. The van der Waals surface area contributed by atoms with Crippen LogP contribution in [0.1, 0.15) is 12.8 Å². The summed E-state index contributed by atoms with van der Waals surface area (Å²) < 4.78 is 23.7. The Morgan fingerprint density at radius 2 is 1.77 bits per heavy atom. The monoisotopic (exact) mass is 193 g/mol. The highest BCUT2D eigenvalue weighted by Gasteiger charge is 2.32. The van der Waals surface area contributed by atoms with Crippen molar-refractivity contribution in [2.24, 2.45) is 0 Å². The van der Waals surface area contributed by atoms with Gasteiger partial charge in [0.15, 0.2) is 0 Å². The van der Waals surface area contributed by atoms with E-state index in [-0.39, 0.29) is 12.8 Å². The maximum atomic E-state index is 11.8. The highest BCUT2D eigenvalue weighted by Crippen LogP contribution is 2.13. The summed E-state index contributed by atoms with van der Waals surface area (Å²) in [5.74, 6) is -0.991. The predicted octanol–water partition coefficient (Wildman–Crippen LogP) is -0.239. The number of nitrogens with zero attached hydrogens (tertiary/aromatic N) is 1. The Hall–Kier alpha value is -1.04. The first-order valence-electron chi connectivity index (χ1n) is 3.82. The fourth-order valence-corrected chi connectivity index (χ4v) is 1.09. The lowest BCUT2D eigenvalue weighted by Crippen LogP contribution is -2.39. The first-order valence-corrected chi connectivity index (χ1v) is 3.82. The molecule has 1 fully saturated rings. The van der Waals surface area contributed by atoms with Gasteiger partial charge in [0, 0.05) is 12.8 Å². The van der Waals surface area contributed by atoms with E-state index in [2.05, 4.69) is 0 Å². The van der Waals surface area contributed by atoms with E-state index < -0.39 is 30.9 Å². The second-order valence-electron chi connectivity index (χ2n) is 2.80. The summed E-state index contributed by atoms with van der Waals surface area (Å²) in [6, 6.07) is 0. The number of aliphatic hydroxyl groups is 1. The van der Waals surface area contributed by atoms with Crippen molar-refractivity contribution in [3.05, 3.63) is 0 Å². The first-order chi connectivity index (χ1) is 6.02. The summed E-state index contributed by atoms with van der Waals surface area (Å²) in [7, 11) is 0. The third-order valence-electron chi connectivity index (χ3n) is 1.82. The van der Waals surface area contributed by atoms with Crippen molar-refractivity contribution in [2.45, 2.75) is 25.4 Å². The van der Waals surface area contributed by atoms with Crippen LogP contribution in [0.3, 0.4) is 0 Å². The van der Waals surface area contributed by atoms with Gasteiger partial charge >= 0.3 is 0 Å². The molecule has 1 saturated heterocycles. The molecule has 2 amide bonds. The van der Waals surface area contributed by atoms with E-state index in [1.54, 1.807) is 0 Å². The molecule has 0 aromatic rings. The van der Waals surface area contributed by atoms with Gasteiger partial charge in [-0.25, -0.2) is 8.78 Å². The summed E-state index contributed by atoms with van der Waals surface area (Å²) in [5, 5.41) is 8.73. The van der Waals surface area contributed by atoms with Gasteiger partial charge in [-0.3, -0.25) is 14.5 Å². The van der Waals surface area contributed by atoms with Crippen LogP contribution in [0.2, 0.25) is 0 Å². The van der Waals surface area contributed by atoms with Crippen LogP contribution in [-0.4, -0.2) is 40.9 Å². The highest BCUT2D eigenvalue weighted by atomic mass is 19.3. The Kier molecular flexibility index (Phi) is 2.92. The lowest BCUT2D eigenvalue weighted by molar-refractivity contribution is -0.141. The van der Waals surface area contributed by atoms with Crippen molar-refractivity contribution in [1.82, 2.24) is 4.90 Å². The molecule has 1 aliphatic heterocycles. The van der Waals surface area contributed by atoms with Crippen LogP contribution in [0, 0.1) is 0 Å². The second-order valence-corrected chi connectivity index (χ2v) is 2.80. The second kappa shape index (κ2) is 3.78. The van der Waals surface area contributed by atoms with Crippen LogP contribution >= 0.6 is 0 Å². The van der Waals surface area contributed by atoms with E-state index in [9.17, 15) is 18.4 Å². The molecule has 1 unspecified atom stereocenters. The molecule has 0 aromatic carbocycles. The van der Waals surface area contributed by atoms with Crippen LogP contribution in [0.25, 0.3) is 0 Å². The molecule has 0 bridgehead atoms. The Balaban J connectivity index is 2.52. The summed E-state index contributed by atoms with van der Waals surface area (Å²) >= 11 is 0. The third-order valence-corrected chi connectivity index (χ3v) is 1.82. The van der Waals surface area contributed by atoms with E-state index in [0.29, 0.717) is 4.90 Å². The Labute approximate surface area is 73.1 Å². The van der Waals surface area contributed by atoms with Crippen molar-refractivity contribution in [3.8, 4) is 0 Å². The lowest BCUT2D eigenvalue weighted by atomic mass is 10.3. The van der Waals surface area contributed by atoms with E-state index in [1.807, 2.05) is 0 Å². The fourth-order valence-electron chi connectivity index (χ4n) is 1.09. The van der Waals surface area contributed by atoms with Crippen molar-refractivity contribution >= 4 is 11.8 Å². The van der Waals surface area contributed by atoms with Gasteiger partial charge < -0.3 is 5.11 Å². The number of aliphatic hydroxyl groups excluding tert-OH is 1. The number of likely N-dealkylation sites (tertiary alicyclic amines) is 1.